The minimum absolute atomic E-state index is 0.523. The number of ether oxygens (including phenoxy) is 2. The van der Waals surface area contributed by atoms with Crippen LogP contribution in [0.5, 0.6) is 17.2 Å². The smallest absolute Gasteiger partial charge is 0.150 e. The molecule has 0 aliphatic carbocycles. The fourth-order valence-electron chi connectivity index (χ4n) is 3.34. The molecule has 0 atom stereocenters. The van der Waals surface area contributed by atoms with Gasteiger partial charge < -0.3 is 9.47 Å². The zero-order valence-electron chi connectivity index (χ0n) is 14.6. The van der Waals surface area contributed by atoms with Crippen LogP contribution >= 0.6 is 0 Å². The minimum Gasteiger partial charge on any atom is -0.496 e. The molecule has 0 bridgehead atoms. The molecule has 4 aromatic rings. The molecule has 0 aromatic heterocycles. The highest BCUT2D eigenvalue weighted by Crippen LogP contribution is 2.38. The standard InChI is InChI=1S/C23H16O4/c1-26-20-11-10-16(14-25)23-19(20)7-4-8-22(23)27-21-12-9-15(13-24)17-5-2-3-6-18(17)21/h2-14H,1H3. The fraction of sp³-hybridized carbons (Fsp3) is 0.0435. The van der Waals surface area contributed by atoms with Crippen LogP contribution < -0.4 is 9.47 Å². The van der Waals surface area contributed by atoms with Gasteiger partial charge in [0, 0.05) is 27.3 Å². The number of rotatable bonds is 5. The molecular weight excluding hydrogens is 340 g/mol. The Morgan fingerprint density at radius 2 is 1.30 bits per heavy atom. The van der Waals surface area contributed by atoms with Gasteiger partial charge in [-0.25, -0.2) is 0 Å². The molecule has 0 saturated carbocycles. The fourth-order valence-corrected chi connectivity index (χ4v) is 3.34. The van der Waals surface area contributed by atoms with Crippen molar-refractivity contribution < 1.29 is 19.1 Å². The third-order valence-electron chi connectivity index (χ3n) is 4.61. The van der Waals surface area contributed by atoms with E-state index in [1.807, 2.05) is 42.5 Å². The van der Waals surface area contributed by atoms with Crippen molar-refractivity contribution in [2.45, 2.75) is 0 Å². The third kappa shape index (κ3) is 2.81. The molecule has 0 unspecified atom stereocenters. The zero-order chi connectivity index (χ0) is 18.8. The first kappa shape index (κ1) is 16.8. The summed E-state index contributed by atoms with van der Waals surface area (Å²) in [7, 11) is 1.59. The van der Waals surface area contributed by atoms with E-state index < -0.39 is 0 Å². The Morgan fingerprint density at radius 1 is 0.630 bits per heavy atom. The van der Waals surface area contributed by atoms with Crippen molar-refractivity contribution in [2.75, 3.05) is 7.11 Å². The van der Waals surface area contributed by atoms with Gasteiger partial charge in [0.05, 0.1) is 7.11 Å². The number of methoxy groups -OCH3 is 1. The van der Waals surface area contributed by atoms with Gasteiger partial charge in [-0.15, -0.1) is 0 Å². The van der Waals surface area contributed by atoms with Gasteiger partial charge in [-0.05, 0) is 35.7 Å². The summed E-state index contributed by atoms with van der Waals surface area (Å²) in [5.41, 5.74) is 1.13. The van der Waals surface area contributed by atoms with Gasteiger partial charge in [-0.3, -0.25) is 9.59 Å². The van der Waals surface area contributed by atoms with E-state index in [4.69, 9.17) is 9.47 Å². The SMILES string of the molecule is COc1ccc(C=O)c2c(Oc3ccc(C=O)c4ccccc34)cccc12. The number of fused-ring (bicyclic) bond motifs is 2. The molecule has 0 radical (unpaired) electrons. The lowest BCUT2D eigenvalue weighted by molar-refractivity contribution is 0.111. The molecule has 0 spiro atoms. The predicted molar refractivity (Wildman–Crippen MR) is 105 cm³/mol. The molecular formula is C23H16O4. The summed E-state index contributed by atoms with van der Waals surface area (Å²) in [6.07, 6.45) is 1.64. The lowest BCUT2D eigenvalue weighted by atomic mass is 10.0. The van der Waals surface area contributed by atoms with Crippen LogP contribution in [0.25, 0.3) is 21.5 Å². The monoisotopic (exact) mass is 356 g/mol. The van der Waals surface area contributed by atoms with Crippen molar-refractivity contribution >= 4 is 34.1 Å². The largest absolute Gasteiger partial charge is 0.496 e. The first-order chi connectivity index (χ1) is 13.3. The first-order valence-electron chi connectivity index (χ1n) is 8.46. The average Bonchev–Trinajstić information content (AvgIpc) is 2.73. The molecule has 132 valence electrons. The number of carbonyl (C=O) groups excluding carboxylic acids is 2. The van der Waals surface area contributed by atoms with Crippen LogP contribution in [0.1, 0.15) is 20.7 Å². The summed E-state index contributed by atoms with van der Waals surface area (Å²) in [5.74, 6) is 1.84. The number of carbonyl (C=O) groups is 2. The van der Waals surface area contributed by atoms with Crippen LogP contribution in [0.4, 0.5) is 0 Å². The second-order valence-corrected chi connectivity index (χ2v) is 6.07. The lowest BCUT2D eigenvalue weighted by Gasteiger charge is -2.14. The highest BCUT2D eigenvalue weighted by atomic mass is 16.5. The van der Waals surface area contributed by atoms with Crippen molar-refractivity contribution in [3.8, 4) is 17.2 Å². The van der Waals surface area contributed by atoms with Crippen molar-refractivity contribution in [3.05, 3.63) is 77.9 Å². The topological polar surface area (TPSA) is 52.6 Å². The summed E-state index contributed by atoms with van der Waals surface area (Å²) in [4.78, 5) is 22.9. The van der Waals surface area contributed by atoms with E-state index in [-0.39, 0.29) is 0 Å². The van der Waals surface area contributed by atoms with E-state index in [0.29, 0.717) is 33.8 Å². The van der Waals surface area contributed by atoms with Crippen molar-refractivity contribution in [3.63, 3.8) is 0 Å². The molecule has 0 saturated heterocycles. The Kier molecular flexibility index (Phi) is 4.30. The number of benzene rings is 4. The number of aldehydes is 2. The van der Waals surface area contributed by atoms with E-state index in [1.54, 1.807) is 31.4 Å². The predicted octanol–water partition coefficient (Wildman–Crippen LogP) is 5.42. The second kappa shape index (κ2) is 6.92. The van der Waals surface area contributed by atoms with Crippen molar-refractivity contribution in [1.29, 1.82) is 0 Å². The Labute approximate surface area is 155 Å². The molecule has 0 N–H and O–H groups in total. The molecule has 4 nitrogen and oxygen atoms in total. The first-order valence-corrected chi connectivity index (χ1v) is 8.46. The van der Waals surface area contributed by atoms with Crippen LogP contribution in [0.2, 0.25) is 0 Å². The summed E-state index contributed by atoms with van der Waals surface area (Å²) in [6, 6.07) is 20.1. The van der Waals surface area contributed by atoms with Crippen LogP contribution in [-0.4, -0.2) is 19.7 Å². The number of hydrogen-bond acceptors (Lipinski definition) is 4. The quantitative estimate of drug-likeness (QED) is 0.448. The normalized spacial score (nSPS) is 10.7. The summed E-state index contributed by atoms with van der Waals surface area (Å²) in [6.45, 7) is 0. The Balaban J connectivity index is 1.94. The van der Waals surface area contributed by atoms with Gasteiger partial charge >= 0.3 is 0 Å². The zero-order valence-corrected chi connectivity index (χ0v) is 14.6. The van der Waals surface area contributed by atoms with Gasteiger partial charge in [0.15, 0.2) is 12.6 Å². The summed E-state index contributed by atoms with van der Waals surface area (Å²) >= 11 is 0. The van der Waals surface area contributed by atoms with Crippen molar-refractivity contribution in [1.82, 2.24) is 0 Å². The molecule has 27 heavy (non-hydrogen) atoms. The van der Waals surface area contributed by atoms with Gasteiger partial charge in [-0.1, -0.05) is 36.4 Å². The second-order valence-electron chi connectivity index (χ2n) is 6.07. The molecule has 0 amide bonds. The van der Waals surface area contributed by atoms with Crippen molar-refractivity contribution in [2.24, 2.45) is 0 Å². The van der Waals surface area contributed by atoms with E-state index in [1.165, 1.54) is 0 Å². The van der Waals surface area contributed by atoms with Gasteiger partial charge in [0.1, 0.15) is 17.2 Å². The average molecular weight is 356 g/mol. The van der Waals surface area contributed by atoms with Gasteiger partial charge in [-0.2, -0.15) is 0 Å². The highest BCUT2D eigenvalue weighted by molar-refractivity contribution is 6.05. The molecule has 4 heteroatoms. The minimum atomic E-state index is 0.523. The molecule has 0 aliphatic rings. The van der Waals surface area contributed by atoms with E-state index in [9.17, 15) is 9.59 Å². The Hall–Kier alpha value is -3.66. The lowest BCUT2D eigenvalue weighted by Crippen LogP contribution is -1.94. The Bertz CT molecular complexity index is 1180. The van der Waals surface area contributed by atoms with Crippen LogP contribution in [0, 0.1) is 0 Å². The van der Waals surface area contributed by atoms with Crippen LogP contribution in [-0.2, 0) is 0 Å². The molecule has 4 aromatic carbocycles. The molecule has 4 rings (SSSR count). The maximum atomic E-state index is 11.6. The van der Waals surface area contributed by atoms with E-state index in [0.717, 1.165) is 28.7 Å². The molecule has 0 aliphatic heterocycles. The molecule has 0 heterocycles. The van der Waals surface area contributed by atoms with Crippen LogP contribution in [0.15, 0.2) is 66.7 Å². The Morgan fingerprint density at radius 3 is 2.04 bits per heavy atom. The maximum absolute atomic E-state index is 11.6. The number of hydrogen-bond donors (Lipinski definition) is 0. The van der Waals surface area contributed by atoms with E-state index in [2.05, 4.69) is 0 Å². The van der Waals surface area contributed by atoms with Crippen LogP contribution in [0.3, 0.4) is 0 Å². The molecule has 0 fully saturated rings. The van der Waals surface area contributed by atoms with Gasteiger partial charge in [0.2, 0.25) is 0 Å². The van der Waals surface area contributed by atoms with E-state index >= 15 is 0 Å². The summed E-state index contributed by atoms with van der Waals surface area (Å²) < 4.78 is 11.6. The highest BCUT2D eigenvalue weighted by Gasteiger charge is 2.14. The third-order valence-corrected chi connectivity index (χ3v) is 4.61. The maximum Gasteiger partial charge on any atom is 0.150 e. The summed E-state index contributed by atoms with van der Waals surface area (Å²) in [5, 5.41) is 3.14. The van der Waals surface area contributed by atoms with Gasteiger partial charge in [0.25, 0.3) is 0 Å².